The van der Waals surface area contributed by atoms with Gasteiger partial charge in [-0.15, -0.1) is 0 Å². The van der Waals surface area contributed by atoms with Crippen molar-refractivity contribution >= 4 is 11.8 Å². The second-order valence-corrected chi connectivity index (χ2v) is 8.13. The Kier molecular flexibility index (Phi) is 4.29. The van der Waals surface area contributed by atoms with Gasteiger partial charge in [0.05, 0.1) is 24.7 Å². The van der Waals surface area contributed by atoms with E-state index >= 15 is 0 Å². The summed E-state index contributed by atoms with van der Waals surface area (Å²) in [6.45, 7) is 1.85. The molecule has 0 atom stereocenters. The van der Waals surface area contributed by atoms with Gasteiger partial charge in [0.2, 0.25) is 11.8 Å². The highest BCUT2D eigenvalue weighted by atomic mass is 16.5. The van der Waals surface area contributed by atoms with Gasteiger partial charge in [-0.1, -0.05) is 0 Å². The zero-order chi connectivity index (χ0) is 20.0. The number of piperidine rings is 1. The topological polar surface area (TPSA) is 91.4 Å². The molecule has 1 saturated heterocycles. The van der Waals surface area contributed by atoms with E-state index < -0.39 is 5.54 Å². The summed E-state index contributed by atoms with van der Waals surface area (Å²) in [7, 11) is 1.52. The number of nitrogens with zero attached hydrogens (tertiary/aromatic N) is 4. The lowest BCUT2D eigenvalue weighted by Crippen LogP contribution is -2.59. The van der Waals surface area contributed by atoms with Crippen molar-refractivity contribution in [2.45, 2.75) is 37.6 Å². The Hall–Kier alpha value is -2.90. The van der Waals surface area contributed by atoms with Gasteiger partial charge in [-0.3, -0.25) is 9.59 Å². The number of fused-ring (bicyclic) bond motifs is 2. The Morgan fingerprint density at radius 1 is 1.21 bits per heavy atom. The van der Waals surface area contributed by atoms with Gasteiger partial charge >= 0.3 is 0 Å². The number of ether oxygens (including phenoxy) is 1. The second-order valence-electron chi connectivity index (χ2n) is 8.13. The van der Waals surface area contributed by atoms with Crippen LogP contribution in [-0.4, -0.2) is 63.3 Å². The molecule has 2 aromatic rings. The highest BCUT2D eigenvalue weighted by Gasteiger charge is 2.51. The van der Waals surface area contributed by atoms with E-state index in [0.717, 1.165) is 37.2 Å². The summed E-state index contributed by atoms with van der Waals surface area (Å²) in [6, 6.07) is 3.49. The van der Waals surface area contributed by atoms with E-state index in [0.29, 0.717) is 37.4 Å². The fourth-order valence-electron chi connectivity index (χ4n) is 4.82. The minimum atomic E-state index is -0.414. The number of nitrogens with one attached hydrogen (secondary N) is 1. The Balaban J connectivity index is 1.41. The number of imidazole rings is 1. The molecule has 0 unspecified atom stereocenters. The average Bonchev–Trinajstić information content (AvgIpc) is 3.50. The number of aromatic nitrogens is 3. The van der Waals surface area contributed by atoms with Crippen LogP contribution >= 0.6 is 0 Å². The second kappa shape index (κ2) is 6.86. The monoisotopic (exact) mass is 395 g/mol. The van der Waals surface area contributed by atoms with Crippen LogP contribution in [0.25, 0.3) is 0 Å². The first-order chi connectivity index (χ1) is 14.1. The van der Waals surface area contributed by atoms with Crippen LogP contribution in [0.4, 0.5) is 0 Å². The fraction of sp³-hybridized carbons (Fsp3) is 0.524. The molecule has 2 fully saturated rings. The van der Waals surface area contributed by atoms with E-state index in [1.165, 1.54) is 7.11 Å². The van der Waals surface area contributed by atoms with Gasteiger partial charge in [-0.05, 0) is 37.8 Å². The first-order valence-electron chi connectivity index (χ1n) is 10.3. The van der Waals surface area contributed by atoms with Crippen LogP contribution in [0.15, 0.2) is 24.7 Å². The number of hydrogen-bond donors (Lipinski definition) is 1. The van der Waals surface area contributed by atoms with E-state index in [1.54, 1.807) is 24.7 Å². The molecule has 1 saturated carbocycles. The Morgan fingerprint density at radius 2 is 2.00 bits per heavy atom. The van der Waals surface area contributed by atoms with E-state index in [4.69, 9.17) is 4.74 Å². The summed E-state index contributed by atoms with van der Waals surface area (Å²) >= 11 is 0. The van der Waals surface area contributed by atoms with Crippen molar-refractivity contribution in [3.63, 3.8) is 0 Å². The van der Waals surface area contributed by atoms with E-state index in [2.05, 4.69) is 19.9 Å². The van der Waals surface area contributed by atoms with Crippen molar-refractivity contribution in [2.75, 3.05) is 26.7 Å². The number of carbonyl (C=O) groups excluding carboxylic acids is 2. The summed E-state index contributed by atoms with van der Waals surface area (Å²) in [5, 5.41) is 0. The minimum absolute atomic E-state index is 0.0806. The largest absolute Gasteiger partial charge is 0.480 e. The minimum Gasteiger partial charge on any atom is -0.480 e. The van der Waals surface area contributed by atoms with Gasteiger partial charge in [-0.25, -0.2) is 9.97 Å². The molecule has 0 bridgehead atoms. The molecule has 2 aliphatic heterocycles. The molecule has 0 aromatic carbocycles. The van der Waals surface area contributed by atoms with Crippen LogP contribution in [0.1, 0.15) is 47.4 Å². The molecule has 29 heavy (non-hydrogen) atoms. The summed E-state index contributed by atoms with van der Waals surface area (Å²) < 4.78 is 5.26. The summed E-state index contributed by atoms with van der Waals surface area (Å²) in [6.07, 6.45) is 7.52. The number of rotatable bonds is 3. The maximum absolute atomic E-state index is 13.1. The lowest BCUT2D eigenvalue weighted by Gasteiger charge is -2.50. The molecule has 8 heteroatoms. The summed E-state index contributed by atoms with van der Waals surface area (Å²) in [5.41, 5.74) is 2.17. The SMILES string of the molecule is COc1ncccc1C(=O)N1CCC2(CC1)c1nc[nH]c1CCN2C(=O)C1CC1. The number of hydrogen-bond acceptors (Lipinski definition) is 5. The molecule has 8 nitrogen and oxygen atoms in total. The predicted molar refractivity (Wildman–Crippen MR) is 104 cm³/mol. The molecule has 1 N–H and O–H groups in total. The third-order valence-corrected chi connectivity index (χ3v) is 6.53. The fourth-order valence-corrected chi connectivity index (χ4v) is 4.82. The van der Waals surface area contributed by atoms with Gasteiger partial charge in [0.15, 0.2) is 0 Å². The number of carbonyl (C=O) groups is 2. The zero-order valence-electron chi connectivity index (χ0n) is 16.6. The van der Waals surface area contributed by atoms with Gasteiger partial charge in [0, 0.05) is 43.9 Å². The van der Waals surface area contributed by atoms with Crippen LogP contribution < -0.4 is 4.74 Å². The first-order valence-corrected chi connectivity index (χ1v) is 10.3. The molecule has 3 aliphatic rings. The lowest BCUT2D eigenvalue weighted by molar-refractivity contribution is -0.143. The zero-order valence-corrected chi connectivity index (χ0v) is 16.6. The molecule has 2 amide bonds. The number of H-pyrrole nitrogens is 1. The maximum atomic E-state index is 13.1. The third-order valence-electron chi connectivity index (χ3n) is 6.53. The van der Waals surface area contributed by atoms with E-state index in [9.17, 15) is 9.59 Å². The molecule has 152 valence electrons. The number of likely N-dealkylation sites (tertiary alicyclic amines) is 1. The third kappa shape index (κ3) is 2.89. The molecule has 1 aliphatic carbocycles. The van der Waals surface area contributed by atoms with E-state index in [-0.39, 0.29) is 17.7 Å². The molecular weight excluding hydrogens is 370 g/mol. The Morgan fingerprint density at radius 3 is 2.72 bits per heavy atom. The molecule has 4 heterocycles. The van der Waals surface area contributed by atoms with Crippen molar-refractivity contribution in [1.29, 1.82) is 0 Å². The highest BCUT2D eigenvalue weighted by molar-refractivity contribution is 5.96. The Labute approximate surface area is 169 Å². The Bertz CT molecular complexity index is 943. The van der Waals surface area contributed by atoms with Crippen molar-refractivity contribution in [1.82, 2.24) is 24.8 Å². The molecule has 5 rings (SSSR count). The smallest absolute Gasteiger partial charge is 0.259 e. The number of pyridine rings is 1. The van der Waals surface area contributed by atoms with Crippen molar-refractivity contribution in [3.05, 3.63) is 41.6 Å². The molecule has 2 aromatic heterocycles. The van der Waals surface area contributed by atoms with Crippen molar-refractivity contribution in [3.8, 4) is 5.88 Å². The number of aromatic amines is 1. The molecule has 1 spiro atoms. The molecular formula is C21H25N5O3. The van der Waals surface area contributed by atoms with Crippen LogP contribution in [0.5, 0.6) is 5.88 Å². The van der Waals surface area contributed by atoms with Crippen molar-refractivity contribution in [2.24, 2.45) is 5.92 Å². The van der Waals surface area contributed by atoms with Crippen molar-refractivity contribution < 1.29 is 14.3 Å². The van der Waals surface area contributed by atoms with Crippen LogP contribution in [0, 0.1) is 5.92 Å². The molecule has 0 radical (unpaired) electrons. The lowest BCUT2D eigenvalue weighted by atomic mass is 9.78. The normalized spacial score (nSPS) is 20.4. The number of methoxy groups -OCH3 is 1. The summed E-state index contributed by atoms with van der Waals surface area (Å²) in [5.74, 6) is 0.692. The van der Waals surface area contributed by atoms with E-state index in [1.807, 2.05) is 4.90 Å². The average molecular weight is 395 g/mol. The highest BCUT2D eigenvalue weighted by Crippen LogP contribution is 2.45. The van der Waals surface area contributed by atoms with Crippen LogP contribution in [-0.2, 0) is 16.8 Å². The van der Waals surface area contributed by atoms with Gasteiger partial charge in [-0.2, -0.15) is 0 Å². The van der Waals surface area contributed by atoms with Gasteiger partial charge in [0.25, 0.3) is 5.91 Å². The van der Waals surface area contributed by atoms with Gasteiger partial charge < -0.3 is 19.5 Å². The van der Waals surface area contributed by atoms with Crippen LogP contribution in [0.3, 0.4) is 0 Å². The standard InChI is InChI=1S/C21H25N5O3/c1-29-18-15(3-2-9-22-18)20(28)25-11-7-21(8-12-25)17-16(23-13-24-17)6-10-26(21)19(27)14-4-5-14/h2-3,9,13-14H,4-8,10-12H2,1H3,(H,23,24). The van der Waals surface area contributed by atoms with Gasteiger partial charge in [0.1, 0.15) is 5.56 Å². The maximum Gasteiger partial charge on any atom is 0.259 e. The summed E-state index contributed by atoms with van der Waals surface area (Å²) in [4.78, 5) is 42.1. The number of amides is 2. The first kappa shape index (κ1) is 18.1. The van der Waals surface area contributed by atoms with Crippen LogP contribution in [0.2, 0.25) is 0 Å². The quantitative estimate of drug-likeness (QED) is 0.855. The predicted octanol–water partition coefficient (Wildman–Crippen LogP) is 1.74.